The average Bonchev–Trinajstić information content (AvgIpc) is 2.32. The highest BCUT2D eigenvalue weighted by molar-refractivity contribution is 5.24. The molecule has 0 heterocycles. The molecule has 1 aromatic rings. The van der Waals surface area contributed by atoms with Crippen molar-refractivity contribution >= 4 is 0 Å². The second-order valence-corrected chi connectivity index (χ2v) is 5.25. The van der Waals surface area contributed by atoms with Crippen molar-refractivity contribution in [2.45, 2.75) is 39.3 Å². The molecule has 0 amide bonds. The molecule has 1 N–H and O–H groups in total. The number of unbranched alkanes of at least 4 members (excludes halogenated alkanes) is 1. The van der Waals surface area contributed by atoms with Crippen molar-refractivity contribution in [1.82, 2.24) is 5.32 Å². The van der Waals surface area contributed by atoms with Gasteiger partial charge in [-0.1, -0.05) is 26.0 Å². The third kappa shape index (κ3) is 6.62. The van der Waals surface area contributed by atoms with E-state index in [1.807, 2.05) is 0 Å². The van der Waals surface area contributed by atoms with E-state index in [-0.39, 0.29) is 0 Å². The van der Waals surface area contributed by atoms with Crippen molar-refractivity contribution in [3.8, 4) is 0 Å². The molecule has 0 aliphatic carbocycles. The molecule has 0 unspecified atom stereocenters. The van der Waals surface area contributed by atoms with Gasteiger partial charge >= 0.3 is 6.18 Å². The average molecular weight is 273 g/mol. The lowest BCUT2D eigenvalue weighted by Crippen LogP contribution is -2.20. The number of nitrogens with one attached hydrogen (secondary N) is 1. The molecule has 0 atom stereocenters. The molecule has 4 heteroatoms. The lowest BCUT2D eigenvalue weighted by Gasteiger charge is -2.08. The van der Waals surface area contributed by atoms with Crippen molar-refractivity contribution in [2.24, 2.45) is 5.92 Å². The summed E-state index contributed by atoms with van der Waals surface area (Å²) in [5, 5.41) is 3.35. The van der Waals surface area contributed by atoms with Gasteiger partial charge in [0.2, 0.25) is 0 Å². The van der Waals surface area contributed by atoms with E-state index in [9.17, 15) is 13.2 Å². The second-order valence-electron chi connectivity index (χ2n) is 5.25. The number of hydrogen-bond acceptors (Lipinski definition) is 1. The van der Waals surface area contributed by atoms with Gasteiger partial charge in [0.25, 0.3) is 0 Å². The summed E-state index contributed by atoms with van der Waals surface area (Å²) in [6, 6.07) is 5.47. The SMILES string of the molecule is CC(C)CNCCCCc1ccc(C(F)(F)F)cc1. The Hall–Kier alpha value is -1.03. The predicted molar refractivity (Wildman–Crippen MR) is 72.1 cm³/mol. The monoisotopic (exact) mass is 273 g/mol. The predicted octanol–water partition coefficient (Wildman–Crippen LogP) is 4.27. The Morgan fingerprint density at radius 1 is 1.05 bits per heavy atom. The maximum atomic E-state index is 12.4. The fourth-order valence-corrected chi connectivity index (χ4v) is 1.83. The number of hydrogen-bond donors (Lipinski definition) is 1. The van der Waals surface area contributed by atoms with E-state index in [2.05, 4.69) is 19.2 Å². The van der Waals surface area contributed by atoms with Crippen molar-refractivity contribution < 1.29 is 13.2 Å². The summed E-state index contributed by atoms with van der Waals surface area (Å²) in [5.74, 6) is 0.648. The quantitative estimate of drug-likeness (QED) is 0.731. The van der Waals surface area contributed by atoms with Gasteiger partial charge < -0.3 is 5.32 Å². The highest BCUT2D eigenvalue weighted by Crippen LogP contribution is 2.29. The minimum Gasteiger partial charge on any atom is -0.316 e. The number of aryl methyl sites for hydroxylation is 1. The van der Waals surface area contributed by atoms with Gasteiger partial charge in [-0.3, -0.25) is 0 Å². The first-order valence-electron chi connectivity index (χ1n) is 6.76. The van der Waals surface area contributed by atoms with Crippen LogP contribution < -0.4 is 5.32 Å². The van der Waals surface area contributed by atoms with E-state index in [1.54, 1.807) is 12.1 Å². The third-order valence-electron chi connectivity index (χ3n) is 2.90. The molecule has 0 saturated heterocycles. The molecule has 0 radical (unpaired) electrons. The van der Waals surface area contributed by atoms with Gasteiger partial charge in [0.05, 0.1) is 5.56 Å². The molecule has 0 aliphatic rings. The van der Waals surface area contributed by atoms with Gasteiger partial charge in [0, 0.05) is 0 Å². The van der Waals surface area contributed by atoms with Gasteiger partial charge in [-0.2, -0.15) is 13.2 Å². The minimum atomic E-state index is -4.24. The maximum absolute atomic E-state index is 12.4. The van der Waals surface area contributed by atoms with Crippen LogP contribution in [-0.4, -0.2) is 13.1 Å². The lowest BCUT2D eigenvalue weighted by atomic mass is 10.1. The van der Waals surface area contributed by atoms with Gasteiger partial charge in [-0.05, 0) is 56.0 Å². The Morgan fingerprint density at radius 2 is 1.68 bits per heavy atom. The van der Waals surface area contributed by atoms with Crippen LogP contribution in [0.3, 0.4) is 0 Å². The zero-order valence-corrected chi connectivity index (χ0v) is 11.6. The fourth-order valence-electron chi connectivity index (χ4n) is 1.83. The van der Waals surface area contributed by atoms with E-state index in [0.29, 0.717) is 5.92 Å². The highest BCUT2D eigenvalue weighted by atomic mass is 19.4. The van der Waals surface area contributed by atoms with E-state index in [4.69, 9.17) is 0 Å². The number of rotatable bonds is 7. The highest BCUT2D eigenvalue weighted by Gasteiger charge is 2.29. The molecule has 1 nitrogen and oxygen atoms in total. The van der Waals surface area contributed by atoms with Crippen molar-refractivity contribution in [3.63, 3.8) is 0 Å². The first-order valence-corrected chi connectivity index (χ1v) is 6.76. The molecule has 19 heavy (non-hydrogen) atoms. The molecule has 0 spiro atoms. The summed E-state index contributed by atoms with van der Waals surface area (Å²) in [5.41, 5.74) is 0.395. The summed E-state index contributed by atoms with van der Waals surface area (Å²) < 4.78 is 37.1. The topological polar surface area (TPSA) is 12.0 Å². The van der Waals surface area contributed by atoms with Gasteiger partial charge in [0.1, 0.15) is 0 Å². The molecular formula is C15H22F3N. The van der Waals surface area contributed by atoms with Crippen LogP contribution in [0.4, 0.5) is 13.2 Å². The van der Waals surface area contributed by atoms with Crippen LogP contribution >= 0.6 is 0 Å². The zero-order valence-electron chi connectivity index (χ0n) is 11.6. The summed E-state index contributed by atoms with van der Waals surface area (Å²) in [6.07, 6.45) is -1.36. The summed E-state index contributed by atoms with van der Waals surface area (Å²) in [7, 11) is 0. The van der Waals surface area contributed by atoms with E-state index >= 15 is 0 Å². The van der Waals surface area contributed by atoms with E-state index in [1.165, 1.54) is 0 Å². The normalized spacial score (nSPS) is 12.1. The fraction of sp³-hybridized carbons (Fsp3) is 0.600. The molecule has 0 aliphatic heterocycles. The summed E-state index contributed by atoms with van der Waals surface area (Å²) >= 11 is 0. The van der Waals surface area contributed by atoms with Gasteiger partial charge in [-0.15, -0.1) is 0 Å². The number of benzene rings is 1. The summed E-state index contributed by atoms with van der Waals surface area (Å²) in [6.45, 7) is 6.31. The molecule has 0 bridgehead atoms. The number of halogens is 3. The van der Waals surface area contributed by atoms with Gasteiger partial charge in [-0.25, -0.2) is 0 Å². The van der Waals surface area contributed by atoms with Crippen LogP contribution in [-0.2, 0) is 12.6 Å². The smallest absolute Gasteiger partial charge is 0.316 e. The molecule has 1 aromatic carbocycles. The van der Waals surface area contributed by atoms with Crippen LogP contribution in [0, 0.1) is 5.92 Å². The maximum Gasteiger partial charge on any atom is 0.416 e. The van der Waals surface area contributed by atoms with Crippen molar-refractivity contribution in [2.75, 3.05) is 13.1 Å². The Balaban J connectivity index is 2.23. The van der Waals surface area contributed by atoms with Crippen LogP contribution in [0.1, 0.15) is 37.8 Å². The Morgan fingerprint density at radius 3 is 2.21 bits per heavy atom. The molecule has 1 rings (SSSR count). The molecule has 0 fully saturated rings. The Kier molecular flexibility index (Phi) is 6.35. The summed E-state index contributed by atoms with van der Waals surface area (Å²) in [4.78, 5) is 0. The van der Waals surface area contributed by atoms with Gasteiger partial charge in [0.15, 0.2) is 0 Å². The number of alkyl halides is 3. The van der Waals surface area contributed by atoms with Crippen molar-refractivity contribution in [1.29, 1.82) is 0 Å². The minimum absolute atomic E-state index is 0.574. The lowest BCUT2D eigenvalue weighted by molar-refractivity contribution is -0.137. The van der Waals surface area contributed by atoms with Crippen LogP contribution in [0.2, 0.25) is 0 Å². The van der Waals surface area contributed by atoms with Crippen LogP contribution in [0.5, 0.6) is 0 Å². The zero-order chi connectivity index (χ0) is 14.3. The Labute approximate surface area is 113 Å². The van der Waals surface area contributed by atoms with E-state index < -0.39 is 11.7 Å². The Bertz CT molecular complexity index is 355. The largest absolute Gasteiger partial charge is 0.416 e. The van der Waals surface area contributed by atoms with E-state index in [0.717, 1.165) is 50.0 Å². The molecule has 0 aromatic heterocycles. The second kappa shape index (κ2) is 7.53. The standard InChI is InChI=1S/C15H22F3N/c1-12(2)11-19-10-4-3-5-13-6-8-14(9-7-13)15(16,17)18/h6-9,12,19H,3-5,10-11H2,1-2H3. The van der Waals surface area contributed by atoms with Crippen LogP contribution in [0.15, 0.2) is 24.3 Å². The molecule has 108 valence electrons. The molecular weight excluding hydrogens is 251 g/mol. The third-order valence-corrected chi connectivity index (χ3v) is 2.90. The first kappa shape index (κ1) is 16.0. The molecule has 0 saturated carbocycles. The van der Waals surface area contributed by atoms with Crippen molar-refractivity contribution in [3.05, 3.63) is 35.4 Å². The first-order chi connectivity index (χ1) is 8.89. The van der Waals surface area contributed by atoms with Crippen LogP contribution in [0.25, 0.3) is 0 Å².